The average molecular weight is 522 g/mol. The summed E-state index contributed by atoms with van der Waals surface area (Å²) < 4.78 is 22.8. The van der Waals surface area contributed by atoms with Gasteiger partial charge in [-0.25, -0.2) is 0 Å². The summed E-state index contributed by atoms with van der Waals surface area (Å²) >= 11 is 0. The second kappa shape index (κ2) is 12.2. The van der Waals surface area contributed by atoms with Crippen molar-refractivity contribution in [1.29, 1.82) is 0 Å². The minimum absolute atomic E-state index is 0.0170. The van der Waals surface area contributed by atoms with Gasteiger partial charge in [-0.1, -0.05) is 30.7 Å². The monoisotopic (exact) mass is 521 g/mol. The zero-order chi connectivity index (χ0) is 27.4. The molecule has 0 radical (unpaired) electrons. The third kappa shape index (κ3) is 7.97. The Morgan fingerprint density at radius 1 is 1.24 bits per heavy atom. The zero-order valence-corrected chi connectivity index (χ0v) is 22.8. The molecule has 3 fully saturated rings. The van der Waals surface area contributed by atoms with E-state index in [0.717, 1.165) is 18.4 Å². The molecule has 208 valence electrons. The van der Waals surface area contributed by atoms with Crippen LogP contribution in [0.15, 0.2) is 36.0 Å². The molecule has 0 aliphatic carbocycles. The number of carbonyl (C=O) groups is 2. The van der Waals surface area contributed by atoms with E-state index in [1.54, 1.807) is 13.0 Å². The lowest BCUT2D eigenvalue weighted by atomic mass is 9.82. The molecule has 1 unspecified atom stereocenters. The Labute approximate surface area is 219 Å². The van der Waals surface area contributed by atoms with E-state index < -0.39 is 35.5 Å². The summed E-state index contributed by atoms with van der Waals surface area (Å²) in [4.78, 5) is 23.3. The van der Waals surface area contributed by atoms with Gasteiger partial charge in [0.25, 0.3) is 0 Å². The number of hydrogen-bond donors (Lipinski definition) is 3. The van der Waals surface area contributed by atoms with E-state index in [4.69, 9.17) is 18.9 Å². The number of epoxide rings is 1. The molecule has 1 amide bonds. The first-order valence-electron chi connectivity index (χ1n) is 13.1. The van der Waals surface area contributed by atoms with Gasteiger partial charge >= 0.3 is 5.97 Å². The Morgan fingerprint density at radius 2 is 1.95 bits per heavy atom. The Morgan fingerprint density at radius 3 is 2.57 bits per heavy atom. The first kappa shape index (κ1) is 29.5. The van der Waals surface area contributed by atoms with E-state index in [1.807, 2.05) is 32.9 Å². The number of aliphatic hydroxyl groups excluding tert-OH is 2. The SMILES string of the molecule is CC(=O)O[C@H](C)C=CC(=O)NC1C[C@H](C)[C@H](CC=C(C)C=C[C@H]2O[C@@](C)(CO)C[C@@]3(CO3)[C@@H]2O)O[C@@H]1C. The standard InChI is InChI=1S/C28H43NO8/c1-17(8-11-24-26(33)28(16-34-28)14-27(6,15-30)37-24)7-10-23-18(2)13-22(20(4)36-23)29-25(32)12-9-19(3)35-21(5)31/h7-9,11-12,18-20,22-24,26,30,33H,10,13-16H2,1-6H3,(H,29,32)/t18-,19+,20+,22?,23-,24+,26+,27+,28+/m0/s1. The van der Waals surface area contributed by atoms with Crippen LogP contribution in [-0.2, 0) is 28.5 Å². The third-order valence-corrected chi connectivity index (χ3v) is 7.43. The highest BCUT2D eigenvalue weighted by molar-refractivity contribution is 5.87. The number of ether oxygens (including phenoxy) is 4. The minimum atomic E-state index is -0.773. The predicted molar refractivity (Wildman–Crippen MR) is 138 cm³/mol. The van der Waals surface area contributed by atoms with Crippen LogP contribution in [0.4, 0.5) is 0 Å². The van der Waals surface area contributed by atoms with Crippen LogP contribution in [0.3, 0.4) is 0 Å². The number of carbonyl (C=O) groups excluding carboxylic acids is 2. The number of hydrogen-bond acceptors (Lipinski definition) is 8. The van der Waals surface area contributed by atoms with E-state index >= 15 is 0 Å². The molecule has 37 heavy (non-hydrogen) atoms. The quantitative estimate of drug-likeness (QED) is 0.183. The van der Waals surface area contributed by atoms with Crippen LogP contribution in [0.25, 0.3) is 0 Å². The fourth-order valence-corrected chi connectivity index (χ4v) is 5.16. The smallest absolute Gasteiger partial charge is 0.303 e. The van der Waals surface area contributed by atoms with Gasteiger partial charge in [0.15, 0.2) is 0 Å². The molecular weight excluding hydrogens is 478 g/mol. The Bertz CT molecular complexity index is 910. The summed E-state index contributed by atoms with van der Waals surface area (Å²) in [6, 6.07) is -0.111. The number of aliphatic hydroxyl groups is 2. The fraction of sp³-hybridized carbons (Fsp3) is 0.714. The number of allylic oxidation sites excluding steroid dienone is 2. The lowest BCUT2D eigenvalue weighted by molar-refractivity contribution is -0.192. The summed E-state index contributed by atoms with van der Waals surface area (Å²) in [7, 11) is 0. The zero-order valence-electron chi connectivity index (χ0n) is 22.8. The van der Waals surface area contributed by atoms with Crippen LogP contribution in [0.5, 0.6) is 0 Å². The molecule has 3 aliphatic rings. The molecule has 3 saturated heterocycles. The van der Waals surface area contributed by atoms with E-state index in [0.29, 0.717) is 13.0 Å². The maximum absolute atomic E-state index is 12.3. The lowest BCUT2D eigenvalue weighted by Gasteiger charge is -2.42. The normalized spacial score (nSPS) is 39.2. The molecule has 9 heteroatoms. The van der Waals surface area contributed by atoms with Crippen LogP contribution in [0, 0.1) is 5.92 Å². The molecule has 3 heterocycles. The molecule has 0 aromatic rings. The van der Waals surface area contributed by atoms with Crippen molar-refractivity contribution in [3.05, 3.63) is 36.0 Å². The molecule has 3 N–H and O–H groups in total. The molecule has 0 aromatic carbocycles. The van der Waals surface area contributed by atoms with Gasteiger partial charge in [0.05, 0.1) is 37.1 Å². The van der Waals surface area contributed by atoms with Gasteiger partial charge in [-0.3, -0.25) is 9.59 Å². The van der Waals surface area contributed by atoms with Gasteiger partial charge in [0, 0.05) is 19.4 Å². The minimum Gasteiger partial charge on any atom is -0.459 e. The maximum Gasteiger partial charge on any atom is 0.303 e. The molecule has 0 saturated carbocycles. The fourth-order valence-electron chi connectivity index (χ4n) is 5.16. The number of rotatable bonds is 9. The summed E-state index contributed by atoms with van der Waals surface area (Å²) in [5.41, 5.74) is -0.345. The van der Waals surface area contributed by atoms with Crippen molar-refractivity contribution in [2.24, 2.45) is 5.92 Å². The van der Waals surface area contributed by atoms with Crippen molar-refractivity contribution in [3.8, 4) is 0 Å². The number of amides is 1. The molecular formula is C28H43NO8. The van der Waals surface area contributed by atoms with E-state index in [1.165, 1.54) is 13.0 Å². The maximum atomic E-state index is 12.3. The van der Waals surface area contributed by atoms with Crippen LogP contribution >= 0.6 is 0 Å². The van der Waals surface area contributed by atoms with Crippen molar-refractivity contribution in [2.45, 2.75) is 109 Å². The molecule has 1 spiro atoms. The highest BCUT2D eigenvalue weighted by Gasteiger charge is 2.61. The number of esters is 1. The van der Waals surface area contributed by atoms with E-state index in [-0.39, 0.29) is 36.7 Å². The van der Waals surface area contributed by atoms with Gasteiger partial charge < -0.3 is 34.5 Å². The highest BCUT2D eigenvalue weighted by Crippen LogP contribution is 2.46. The molecule has 9 nitrogen and oxygen atoms in total. The summed E-state index contributed by atoms with van der Waals surface area (Å²) in [5.74, 6) is -0.398. The van der Waals surface area contributed by atoms with Crippen molar-refractivity contribution in [1.82, 2.24) is 5.32 Å². The van der Waals surface area contributed by atoms with Crippen LogP contribution in [0.1, 0.15) is 60.8 Å². The van der Waals surface area contributed by atoms with Crippen LogP contribution in [0.2, 0.25) is 0 Å². The van der Waals surface area contributed by atoms with Crippen molar-refractivity contribution < 1.29 is 38.7 Å². The Balaban J connectivity index is 1.50. The van der Waals surface area contributed by atoms with Gasteiger partial charge in [-0.2, -0.15) is 0 Å². The first-order valence-corrected chi connectivity index (χ1v) is 13.1. The summed E-state index contributed by atoms with van der Waals surface area (Å²) in [6.45, 7) is 11.3. The highest BCUT2D eigenvalue weighted by atomic mass is 16.6. The predicted octanol–water partition coefficient (Wildman–Crippen LogP) is 2.35. The Hall–Kier alpha value is -2.04. The second-order valence-corrected chi connectivity index (χ2v) is 11.1. The van der Waals surface area contributed by atoms with E-state index in [9.17, 15) is 19.8 Å². The molecule has 3 aliphatic heterocycles. The van der Waals surface area contributed by atoms with E-state index in [2.05, 4.69) is 18.3 Å². The number of nitrogens with one attached hydrogen (secondary N) is 1. The van der Waals surface area contributed by atoms with Crippen molar-refractivity contribution in [3.63, 3.8) is 0 Å². The lowest BCUT2D eigenvalue weighted by Crippen LogP contribution is -2.56. The van der Waals surface area contributed by atoms with Crippen molar-refractivity contribution in [2.75, 3.05) is 13.2 Å². The molecule has 3 rings (SSSR count). The Kier molecular flexibility index (Phi) is 9.74. The summed E-state index contributed by atoms with van der Waals surface area (Å²) in [5, 5.41) is 23.5. The molecule has 9 atom stereocenters. The van der Waals surface area contributed by atoms with Gasteiger partial charge in [0.1, 0.15) is 23.9 Å². The van der Waals surface area contributed by atoms with Crippen LogP contribution < -0.4 is 5.32 Å². The third-order valence-electron chi connectivity index (χ3n) is 7.43. The first-order chi connectivity index (χ1) is 17.4. The molecule has 0 aromatic heterocycles. The largest absolute Gasteiger partial charge is 0.459 e. The van der Waals surface area contributed by atoms with Gasteiger partial charge in [-0.15, -0.1) is 0 Å². The van der Waals surface area contributed by atoms with Gasteiger partial charge in [0.2, 0.25) is 5.91 Å². The van der Waals surface area contributed by atoms with Crippen LogP contribution in [-0.4, -0.2) is 83.1 Å². The topological polar surface area (TPSA) is 127 Å². The molecule has 0 bridgehead atoms. The second-order valence-electron chi connectivity index (χ2n) is 11.1. The van der Waals surface area contributed by atoms with Gasteiger partial charge in [-0.05, 0) is 52.5 Å². The van der Waals surface area contributed by atoms with Crippen molar-refractivity contribution >= 4 is 11.9 Å². The summed E-state index contributed by atoms with van der Waals surface area (Å²) in [6.07, 6.45) is 8.86. The average Bonchev–Trinajstić information content (AvgIpc) is 3.59.